The zero-order valence-corrected chi connectivity index (χ0v) is 7.19. The molecule has 0 aliphatic rings. The smallest absolute Gasteiger partial charge is 0.304 e. The molecule has 3 heteroatoms. The number of rotatable bonds is 6. The van der Waals surface area contributed by atoms with Crippen molar-refractivity contribution >= 4 is 17.7 Å². The van der Waals surface area contributed by atoms with E-state index in [1.165, 1.54) is 0 Å². The van der Waals surface area contributed by atoms with Crippen molar-refractivity contribution in [2.45, 2.75) is 19.3 Å². The lowest BCUT2D eigenvalue weighted by molar-refractivity contribution is -0.136. The number of carbonyl (C=O) groups is 1. The maximum absolute atomic E-state index is 10.0. The van der Waals surface area contributed by atoms with E-state index in [4.69, 9.17) is 11.5 Å². The average molecular weight is 172 g/mol. The summed E-state index contributed by atoms with van der Waals surface area (Å²) >= 11 is 1.65. The third-order valence-corrected chi connectivity index (χ3v) is 2.14. The minimum Gasteiger partial charge on any atom is -0.481 e. The fraction of sp³-hybridized carbons (Fsp3) is 0.625. The molecule has 2 nitrogen and oxygen atoms in total. The van der Waals surface area contributed by atoms with Gasteiger partial charge in [0.1, 0.15) is 0 Å². The van der Waals surface area contributed by atoms with Gasteiger partial charge in [-0.2, -0.15) is 11.8 Å². The molecule has 0 atom stereocenters. The second kappa shape index (κ2) is 7.49. The average Bonchev–Trinajstić information content (AvgIpc) is 1.96. The number of carboxylic acids is 1. The summed E-state index contributed by atoms with van der Waals surface area (Å²) < 4.78 is 0. The van der Waals surface area contributed by atoms with Gasteiger partial charge in [0.25, 0.3) is 0 Å². The highest BCUT2D eigenvalue weighted by atomic mass is 32.2. The van der Waals surface area contributed by atoms with Crippen LogP contribution in [-0.4, -0.2) is 22.6 Å². The van der Waals surface area contributed by atoms with E-state index in [9.17, 15) is 4.79 Å². The van der Waals surface area contributed by atoms with Crippen molar-refractivity contribution < 1.29 is 9.90 Å². The number of unbranched alkanes of at least 4 members (excludes halogenated alkanes) is 1. The van der Waals surface area contributed by atoms with E-state index in [-0.39, 0.29) is 6.42 Å². The predicted molar refractivity (Wildman–Crippen MR) is 47.6 cm³/mol. The minimum absolute atomic E-state index is 0.251. The summed E-state index contributed by atoms with van der Waals surface area (Å²) in [6, 6.07) is 0. The molecule has 0 aliphatic carbocycles. The van der Waals surface area contributed by atoms with E-state index >= 15 is 0 Å². The van der Waals surface area contributed by atoms with Crippen molar-refractivity contribution in [2.75, 3.05) is 11.5 Å². The van der Waals surface area contributed by atoms with E-state index in [2.05, 4.69) is 5.92 Å². The Labute approximate surface area is 71.4 Å². The summed E-state index contributed by atoms with van der Waals surface area (Å²) in [5.41, 5.74) is 0. The highest BCUT2D eigenvalue weighted by Crippen LogP contribution is 2.05. The molecular weight excluding hydrogens is 160 g/mol. The van der Waals surface area contributed by atoms with E-state index in [1.54, 1.807) is 11.8 Å². The van der Waals surface area contributed by atoms with Crippen molar-refractivity contribution in [1.29, 1.82) is 0 Å². The predicted octanol–water partition coefficient (Wildman–Crippen LogP) is 1.61. The fourth-order valence-corrected chi connectivity index (χ4v) is 1.41. The first kappa shape index (κ1) is 10.4. The lowest BCUT2D eigenvalue weighted by Gasteiger charge is -1.95. The lowest BCUT2D eigenvalue weighted by Crippen LogP contribution is -1.96. The van der Waals surface area contributed by atoms with Crippen LogP contribution in [0.1, 0.15) is 19.3 Å². The Morgan fingerprint density at radius 2 is 2.27 bits per heavy atom. The maximum atomic E-state index is 10.0. The van der Waals surface area contributed by atoms with Crippen LogP contribution in [0.25, 0.3) is 0 Å². The third-order valence-electron chi connectivity index (χ3n) is 1.07. The Kier molecular flexibility index (Phi) is 7.06. The van der Waals surface area contributed by atoms with Crippen molar-refractivity contribution in [3.63, 3.8) is 0 Å². The van der Waals surface area contributed by atoms with Crippen LogP contribution in [0.3, 0.4) is 0 Å². The van der Waals surface area contributed by atoms with Gasteiger partial charge in [0, 0.05) is 12.2 Å². The summed E-state index contributed by atoms with van der Waals surface area (Å²) in [4.78, 5) is 10.0. The second-order valence-electron chi connectivity index (χ2n) is 2.06. The number of hydrogen-bond donors (Lipinski definition) is 1. The fourth-order valence-electron chi connectivity index (χ4n) is 0.538. The van der Waals surface area contributed by atoms with E-state index in [1.807, 2.05) is 0 Å². The molecule has 0 aromatic carbocycles. The van der Waals surface area contributed by atoms with Crippen LogP contribution in [0, 0.1) is 12.3 Å². The molecule has 1 N–H and O–H groups in total. The monoisotopic (exact) mass is 172 g/mol. The highest BCUT2D eigenvalue weighted by Gasteiger charge is 1.95. The zero-order valence-electron chi connectivity index (χ0n) is 6.38. The standard InChI is InChI=1S/C8H12O2S/c1-2-3-4-6-11-7-5-8(9)10/h1H,3-7H2,(H,9,10). The van der Waals surface area contributed by atoms with Gasteiger partial charge in [-0.25, -0.2) is 0 Å². The number of carboxylic acid groups (broad SMARTS) is 1. The summed E-state index contributed by atoms with van der Waals surface area (Å²) in [6.45, 7) is 0. The topological polar surface area (TPSA) is 37.3 Å². The second-order valence-corrected chi connectivity index (χ2v) is 3.29. The van der Waals surface area contributed by atoms with Gasteiger partial charge in [-0.15, -0.1) is 12.3 Å². The molecule has 0 saturated carbocycles. The van der Waals surface area contributed by atoms with Crippen molar-refractivity contribution in [3.05, 3.63) is 0 Å². The Balaban J connectivity index is 2.92. The first-order chi connectivity index (χ1) is 5.27. The first-order valence-corrected chi connectivity index (χ1v) is 4.66. The van der Waals surface area contributed by atoms with Crippen LogP contribution in [0.4, 0.5) is 0 Å². The Hall–Kier alpha value is -0.620. The number of thioether (sulfide) groups is 1. The number of terminal acetylenes is 1. The van der Waals surface area contributed by atoms with Crippen LogP contribution >= 0.6 is 11.8 Å². The maximum Gasteiger partial charge on any atom is 0.304 e. The van der Waals surface area contributed by atoms with Gasteiger partial charge in [0.2, 0.25) is 0 Å². The SMILES string of the molecule is C#CCCCSCCC(=O)O. The van der Waals surface area contributed by atoms with Crippen molar-refractivity contribution in [2.24, 2.45) is 0 Å². The number of hydrogen-bond acceptors (Lipinski definition) is 2. The molecule has 0 aliphatic heterocycles. The zero-order chi connectivity index (χ0) is 8.53. The molecule has 0 unspecified atom stereocenters. The Morgan fingerprint density at radius 3 is 2.82 bits per heavy atom. The molecule has 0 heterocycles. The molecule has 0 saturated heterocycles. The van der Waals surface area contributed by atoms with Crippen LogP contribution in [0.5, 0.6) is 0 Å². The molecule has 0 radical (unpaired) electrons. The molecule has 0 fully saturated rings. The van der Waals surface area contributed by atoms with Gasteiger partial charge in [-0.3, -0.25) is 4.79 Å². The highest BCUT2D eigenvalue weighted by molar-refractivity contribution is 7.99. The van der Waals surface area contributed by atoms with Gasteiger partial charge >= 0.3 is 5.97 Å². The molecule has 0 spiro atoms. The van der Waals surface area contributed by atoms with Gasteiger partial charge in [0.15, 0.2) is 0 Å². The summed E-state index contributed by atoms with van der Waals surface area (Å²) in [5.74, 6) is 3.47. The van der Waals surface area contributed by atoms with Gasteiger partial charge in [-0.05, 0) is 12.2 Å². The Bertz CT molecular complexity index is 149. The van der Waals surface area contributed by atoms with Crippen LogP contribution in [-0.2, 0) is 4.79 Å². The molecule has 0 aromatic rings. The summed E-state index contributed by atoms with van der Waals surface area (Å²) in [7, 11) is 0. The molecule has 0 bridgehead atoms. The molecule has 11 heavy (non-hydrogen) atoms. The normalized spacial score (nSPS) is 9.00. The third kappa shape index (κ3) is 9.38. The number of aliphatic carboxylic acids is 1. The van der Waals surface area contributed by atoms with E-state index in [0.29, 0.717) is 5.75 Å². The van der Waals surface area contributed by atoms with Crippen LogP contribution < -0.4 is 0 Å². The lowest BCUT2D eigenvalue weighted by atomic mass is 10.4. The largest absolute Gasteiger partial charge is 0.481 e. The quantitative estimate of drug-likeness (QED) is 0.488. The minimum atomic E-state index is -0.727. The summed E-state index contributed by atoms with van der Waals surface area (Å²) in [5, 5.41) is 8.27. The van der Waals surface area contributed by atoms with Gasteiger partial charge < -0.3 is 5.11 Å². The first-order valence-electron chi connectivity index (χ1n) is 3.50. The van der Waals surface area contributed by atoms with Crippen molar-refractivity contribution in [1.82, 2.24) is 0 Å². The molecule has 62 valence electrons. The summed E-state index contributed by atoms with van der Waals surface area (Å²) in [6.07, 6.45) is 7.07. The molecule has 0 amide bonds. The van der Waals surface area contributed by atoms with Crippen molar-refractivity contribution in [3.8, 4) is 12.3 Å². The van der Waals surface area contributed by atoms with Gasteiger partial charge in [-0.1, -0.05) is 0 Å². The molecule has 0 rings (SSSR count). The van der Waals surface area contributed by atoms with Crippen LogP contribution in [0.2, 0.25) is 0 Å². The van der Waals surface area contributed by atoms with Gasteiger partial charge in [0.05, 0.1) is 6.42 Å². The van der Waals surface area contributed by atoms with Crippen LogP contribution in [0.15, 0.2) is 0 Å². The molecular formula is C8H12O2S. The van der Waals surface area contributed by atoms with E-state index in [0.717, 1.165) is 18.6 Å². The Morgan fingerprint density at radius 1 is 1.55 bits per heavy atom. The van der Waals surface area contributed by atoms with E-state index < -0.39 is 5.97 Å². The molecule has 0 aromatic heterocycles.